The Bertz CT molecular complexity index is 699. The molecule has 0 N–H and O–H groups in total. The number of nitrogens with zero attached hydrogens (tertiary/aromatic N) is 1. The van der Waals surface area contributed by atoms with Crippen molar-refractivity contribution in [3.8, 4) is 0 Å². The number of benzene rings is 3. The van der Waals surface area contributed by atoms with Crippen LogP contribution in [0.4, 0.5) is 0 Å². The van der Waals surface area contributed by atoms with E-state index in [0.29, 0.717) is 6.04 Å². The first-order valence-corrected chi connectivity index (χ1v) is 9.20. The van der Waals surface area contributed by atoms with E-state index >= 15 is 0 Å². The van der Waals surface area contributed by atoms with Crippen molar-refractivity contribution >= 4 is 0 Å². The van der Waals surface area contributed by atoms with Crippen molar-refractivity contribution in [3.05, 3.63) is 108 Å². The summed E-state index contributed by atoms with van der Waals surface area (Å²) in [5.74, 6) is 0. The van der Waals surface area contributed by atoms with Gasteiger partial charge in [0.1, 0.15) is 0 Å². The van der Waals surface area contributed by atoms with Crippen LogP contribution in [-0.4, -0.2) is 24.5 Å². The van der Waals surface area contributed by atoms with E-state index in [4.69, 9.17) is 0 Å². The number of hydrogen-bond acceptors (Lipinski definition) is 1. The molecule has 1 fully saturated rings. The minimum absolute atomic E-state index is 0.144. The van der Waals surface area contributed by atoms with Gasteiger partial charge in [-0.25, -0.2) is 0 Å². The largest absolute Gasteiger partial charge is 0.302 e. The Labute approximate surface area is 150 Å². The zero-order valence-electron chi connectivity index (χ0n) is 14.8. The van der Waals surface area contributed by atoms with E-state index in [0.717, 1.165) is 0 Å². The van der Waals surface area contributed by atoms with Crippen molar-refractivity contribution in [1.29, 1.82) is 0 Å². The summed E-state index contributed by atoms with van der Waals surface area (Å²) in [4.78, 5) is 2.55. The van der Waals surface area contributed by atoms with Gasteiger partial charge in [0.25, 0.3) is 0 Å². The molecule has 0 aromatic heterocycles. The second kappa shape index (κ2) is 6.85. The van der Waals surface area contributed by atoms with Crippen LogP contribution < -0.4 is 0 Å². The SMILES string of the molecule is CN1CCCC1C(c1ccccc1)(c1ccccc1)c1ccccc1. The Morgan fingerprint density at radius 2 is 1.08 bits per heavy atom. The molecule has 0 aliphatic carbocycles. The van der Waals surface area contributed by atoms with Crippen molar-refractivity contribution in [2.24, 2.45) is 0 Å². The monoisotopic (exact) mass is 327 g/mol. The van der Waals surface area contributed by atoms with Crippen molar-refractivity contribution in [2.45, 2.75) is 24.3 Å². The lowest BCUT2D eigenvalue weighted by Crippen LogP contribution is -2.47. The van der Waals surface area contributed by atoms with Crippen LogP contribution in [0.3, 0.4) is 0 Å². The lowest BCUT2D eigenvalue weighted by Gasteiger charge is -2.44. The average molecular weight is 327 g/mol. The summed E-state index contributed by atoms with van der Waals surface area (Å²) in [5, 5.41) is 0. The van der Waals surface area contributed by atoms with Gasteiger partial charge in [-0.2, -0.15) is 0 Å². The van der Waals surface area contributed by atoms with Crippen molar-refractivity contribution < 1.29 is 0 Å². The standard InChI is InChI=1S/C24H25N/c1-25-19-11-18-23(25)24(20-12-5-2-6-13-20,21-14-7-3-8-15-21)22-16-9-4-10-17-22/h2-10,12-17,23H,11,18-19H2,1H3. The average Bonchev–Trinajstić information content (AvgIpc) is 3.12. The smallest absolute Gasteiger partial charge is 0.0606 e. The second-order valence-corrected chi connectivity index (χ2v) is 7.04. The highest BCUT2D eigenvalue weighted by molar-refractivity contribution is 5.52. The van der Waals surface area contributed by atoms with E-state index in [1.807, 2.05) is 0 Å². The molecule has 1 nitrogen and oxygen atoms in total. The topological polar surface area (TPSA) is 3.24 Å². The predicted molar refractivity (Wildman–Crippen MR) is 105 cm³/mol. The molecule has 0 radical (unpaired) electrons. The van der Waals surface area contributed by atoms with E-state index in [1.165, 1.54) is 36.1 Å². The maximum absolute atomic E-state index is 2.55. The lowest BCUT2D eigenvalue weighted by molar-refractivity contribution is 0.244. The highest BCUT2D eigenvalue weighted by Crippen LogP contribution is 2.46. The van der Waals surface area contributed by atoms with Crippen molar-refractivity contribution in [2.75, 3.05) is 13.6 Å². The van der Waals surface area contributed by atoms with E-state index < -0.39 is 0 Å². The molecular formula is C24H25N. The van der Waals surface area contributed by atoms with Crippen LogP contribution in [0.2, 0.25) is 0 Å². The van der Waals surface area contributed by atoms with Gasteiger partial charge in [-0.05, 0) is 43.1 Å². The fourth-order valence-corrected chi connectivity index (χ4v) is 4.64. The molecule has 0 spiro atoms. The molecular weight excluding hydrogens is 302 g/mol. The molecule has 0 amide bonds. The number of likely N-dealkylation sites (tertiary alicyclic amines) is 1. The van der Waals surface area contributed by atoms with Crippen LogP contribution in [0.25, 0.3) is 0 Å². The van der Waals surface area contributed by atoms with Crippen LogP contribution in [0.5, 0.6) is 0 Å². The number of rotatable bonds is 4. The zero-order valence-corrected chi connectivity index (χ0v) is 14.8. The normalized spacial score (nSPS) is 18.4. The highest BCUT2D eigenvalue weighted by atomic mass is 15.2. The minimum atomic E-state index is -0.144. The summed E-state index contributed by atoms with van der Waals surface area (Å²) in [7, 11) is 2.28. The molecule has 1 atom stereocenters. The molecule has 3 aromatic carbocycles. The molecule has 1 heteroatoms. The Morgan fingerprint density at radius 1 is 0.680 bits per heavy atom. The summed E-state index contributed by atoms with van der Waals surface area (Å²) in [6.07, 6.45) is 2.48. The number of likely N-dealkylation sites (N-methyl/N-ethyl adjacent to an activating group) is 1. The summed E-state index contributed by atoms with van der Waals surface area (Å²) in [5.41, 5.74) is 4.00. The molecule has 126 valence electrons. The minimum Gasteiger partial charge on any atom is -0.302 e. The van der Waals surface area contributed by atoms with Gasteiger partial charge in [0.05, 0.1) is 5.41 Å². The first-order chi connectivity index (χ1) is 12.3. The molecule has 1 aliphatic rings. The molecule has 0 saturated carbocycles. The van der Waals surface area contributed by atoms with Crippen LogP contribution in [0, 0.1) is 0 Å². The van der Waals surface area contributed by atoms with Gasteiger partial charge >= 0.3 is 0 Å². The summed E-state index contributed by atoms with van der Waals surface area (Å²) >= 11 is 0. The first kappa shape index (κ1) is 16.1. The molecule has 4 rings (SSSR count). The molecule has 1 unspecified atom stereocenters. The van der Waals surface area contributed by atoms with Gasteiger partial charge in [-0.15, -0.1) is 0 Å². The molecule has 25 heavy (non-hydrogen) atoms. The van der Waals surface area contributed by atoms with E-state index in [1.54, 1.807) is 0 Å². The van der Waals surface area contributed by atoms with Crippen molar-refractivity contribution in [1.82, 2.24) is 4.90 Å². The highest BCUT2D eigenvalue weighted by Gasteiger charge is 2.46. The van der Waals surface area contributed by atoms with Gasteiger partial charge in [0, 0.05) is 6.04 Å². The Morgan fingerprint density at radius 3 is 1.40 bits per heavy atom. The van der Waals surface area contributed by atoms with E-state index in [-0.39, 0.29) is 5.41 Å². The van der Waals surface area contributed by atoms with Crippen LogP contribution >= 0.6 is 0 Å². The van der Waals surface area contributed by atoms with Crippen LogP contribution in [0.15, 0.2) is 91.0 Å². The zero-order chi connectivity index (χ0) is 17.1. The fraction of sp³-hybridized carbons (Fsp3) is 0.250. The van der Waals surface area contributed by atoms with Gasteiger partial charge in [-0.1, -0.05) is 91.0 Å². The molecule has 3 aromatic rings. The van der Waals surface area contributed by atoms with Gasteiger partial charge in [0.2, 0.25) is 0 Å². The molecule has 1 saturated heterocycles. The summed E-state index contributed by atoms with van der Waals surface area (Å²) < 4.78 is 0. The predicted octanol–water partition coefficient (Wildman–Crippen LogP) is 5.12. The summed E-state index contributed by atoms with van der Waals surface area (Å²) in [6, 6.07) is 33.6. The third-order valence-electron chi connectivity index (χ3n) is 5.71. The van der Waals surface area contributed by atoms with E-state index in [9.17, 15) is 0 Å². The maximum atomic E-state index is 2.55. The van der Waals surface area contributed by atoms with Crippen molar-refractivity contribution in [3.63, 3.8) is 0 Å². The Kier molecular flexibility index (Phi) is 4.42. The first-order valence-electron chi connectivity index (χ1n) is 9.20. The third kappa shape index (κ3) is 2.69. The van der Waals surface area contributed by atoms with E-state index in [2.05, 4.69) is 103 Å². The molecule has 1 aliphatic heterocycles. The fourth-order valence-electron chi connectivity index (χ4n) is 4.64. The Hall–Kier alpha value is -2.38. The van der Waals surface area contributed by atoms with Crippen LogP contribution in [0.1, 0.15) is 29.5 Å². The number of hydrogen-bond donors (Lipinski definition) is 0. The third-order valence-corrected chi connectivity index (χ3v) is 5.71. The van der Waals surface area contributed by atoms with Gasteiger partial charge in [-0.3, -0.25) is 0 Å². The van der Waals surface area contributed by atoms with Gasteiger partial charge < -0.3 is 4.90 Å². The van der Waals surface area contributed by atoms with Gasteiger partial charge in [0.15, 0.2) is 0 Å². The van der Waals surface area contributed by atoms with Crippen LogP contribution in [-0.2, 0) is 5.41 Å². The quantitative estimate of drug-likeness (QED) is 0.602. The molecule has 0 bridgehead atoms. The lowest BCUT2D eigenvalue weighted by atomic mass is 9.64. The summed E-state index contributed by atoms with van der Waals surface area (Å²) in [6.45, 7) is 1.17. The Balaban J connectivity index is 2.05. The molecule has 1 heterocycles. The second-order valence-electron chi connectivity index (χ2n) is 7.04. The maximum Gasteiger partial charge on any atom is 0.0606 e.